The van der Waals surface area contributed by atoms with Crippen LogP contribution in [0.15, 0.2) is 48.5 Å². The number of rotatable bonds is 5. The Kier molecular flexibility index (Phi) is 6.12. The molecule has 5 heteroatoms. The highest BCUT2D eigenvalue weighted by atomic mass is 16.5. The molecule has 2 atom stereocenters. The van der Waals surface area contributed by atoms with Crippen LogP contribution >= 0.6 is 0 Å². The van der Waals surface area contributed by atoms with Gasteiger partial charge in [0.1, 0.15) is 5.75 Å². The number of carbonyl (C=O) groups is 2. The zero-order valence-electron chi connectivity index (χ0n) is 15.5. The second-order valence-electron chi connectivity index (χ2n) is 7.14. The number of phenols is 1. The van der Waals surface area contributed by atoms with Crippen molar-refractivity contribution in [2.45, 2.75) is 38.6 Å². The van der Waals surface area contributed by atoms with Crippen molar-refractivity contribution >= 4 is 11.9 Å². The van der Waals surface area contributed by atoms with Gasteiger partial charge in [-0.05, 0) is 54.2 Å². The van der Waals surface area contributed by atoms with Gasteiger partial charge in [-0.25, -0.2) is 4.79 Å². The molecule has 1 fully saturated rings. The molecule has 1 amide bonds. The van der Waals surface area contributed by atoms with Crippen molar-refractivity contribution in [1.82, 2.24) is 5.32 Å². The van der Waals surface area contributed by atoms with Gasteiger partial charge in [-0.15, -0.1) is 0 Å². The summed E-state index contributed by atoms with van der Waals surface area (Å²) in [5, 5.41) is 12.3. The van der Waals surface area contributed by atoms with Gasteiger partial charge in [0, 0.05) is 6.04 Å². The van der Waals surface area contributed by atoms with E-state index in [9.17, 15) is 14.7 Å². The third-order valence-corrected chi connectivity index (χ3v) is 5.11. The Bertz CT molecular complexity index is 783. The van der Waals surface area contributed by atoms with Crippen molar-refractivity contribution in [3.05, 3.63) is 54.1 Å². The first kappa shape index (κ1) is 19.0. The molecule has 2 N–H and O–H groups in total. The van der Waals surface area contributed by atoms with E-state index >= 15 is 0 Å². The number of ether oxygens (including phenoxy) is 1. The Hall–Kier alpha value is -2.82. The van der Waals surface area contributed by atoms with Crippen LogP contribution in [0.5, 0.6) is 5.75 Å². The summed E-state index contributed by atoms with van der Waals surface area (Å²) in [6.07, 6.45) is 4.45. The lowest BCUT2D eigenvalue weighted by atomic mass is 9.86. The lowest BCUT2D eigenvalue weighted by molar-refractivity contribution is -0.125. The smallest absolute Gasteiger partial charge is 0.338 e. The maximum Gasteiger partial charge on any atom is 0.338 e. The maximum absolute atomic E-state index is 12.2. The second kappa shape index (κ2) is 8.71. The number of carbonyl (C=O) groups excluding carboxylic acids is 2. The van der Waals surface area contributed by atoms with Crippen LogP contribution in [0.3, 0.4) is 0 Å². The van der Waals surface area contributed by atoms with Gasteiger partial charge in [-0.2, -0.15) is 0 Å². The SMILES string of the molecule is C[C@H]1CCCC[C@H]1NC(=O)COC(=O)c1ccc(-c2ccc(O)cc2)cc1. The van der Waals surface area contributed by atoms with Crippen LogP contribution in [-0.2, 0) is 9.53 Å². The average molecular weight is 367 g/mol. The molecule has 0 aromatic heterocycles. The van der Waals surface area contributed by atoms with Crippen molar-refractivity contribution in [2.24, 2.45) is 5.92 Å². The van der Waals surface area contributed by atoms with Gasteiger partial charge in [0.25, 0.3) is 5.91 Å². The summed E-state index contributed by atoms with van der Waals surface area (Å²) in [6.45, 7) is 1.88. The van der Waals surface area contributed by atoms with Crippen molar-refractivity contribution in [3.8, 4) is 16.9 Å². The molecule has 5 nitrogen and oxygen atoms in total. The molecular weight excluding hydrogens is 342 g/mol. The van der Waals surface area contributed by atoms with Crippen molar-refractivity contribution in [3.63, 3.8) is 0 Å². The van der Waals surface area contributed by atoms with E-state index in [0.29, 0.717) is 11.5 Å². The van der Waals surface area contributed by atoms with Gasteiger partial charge in [0.15, 0.2) is 6.61 Å². The molecular formula is C22H25NO4. The summed E-state index contributed by atoms with van der Waals surface area (Å²) in [4.78, 5) is 24.2. The maximum atomic E-state index is 12.2. The molecule has 0 bridgehead atoms. The number of benzene rings is 2. The zero-order chi connectivity index (χ0) is 19.2. The number of hydrogen-bond acceptors (Lipinski definition) is 4. The minimum atomic E-state index is -0.515. The van der Waals surface area contributed by atoms with Crippen molar-refractivity contribution in [2.75, 3.05) is 6.61 Å². The van der Waals surface area contributed by atoms with E-state index in [1.807, 2.05) is 12.1 Å². The first-order chi connectivity index (χ1) is 13.0. The highest BCUT2D eigenvalue weighted by Crippen LogP contribution is 2.24. The van der Waals surface area contributed by atoms with Gasteiger partial charge in [-0.3, -0.25) is 4.79 Å². The summed E-state index contributed by atoms with van der Waals surface area (Å²) in [6, 6.07) is 14.0. The zero-order valence-corrected chi connectivity index (χ0v) is 15.5. The lowest BCUT2D eigenvalue weighted by Gasteiger charge is -2.29. The highest BCUT2D eigenvalue weighted by molar-refractivity contribution is 5.91. The topological polar surface area (TPSA) is 75.6 Å². The van der Waals surface area contributed by atoms with Crippen LogP contribution in [0, 0.1) is 5.92 Å². The predicted molar refractivity (Wildman–Crippen MR) is 103 cm³/mol. The fourth-order valence-electron chi connectivity index (χ4n) is 3.45. The number of amides is 1. The van der Waals surface area contributed by atoms with E-state index in [4.69, 9.17) is 4.74 Å². The molecule has 2 aromatic carbocycles. The Morgan fingerprint density at radius 2 is 1.59 bits per heavy atom. The molecule has 27 heavy (non-hydrogen) atoms. The van der Waals surface area contributed by atoms with E-state index in [2.05, 4.69) is 12.2 Å². The van der Waals surface area contributed by atoms with Crippen LogP contribution in [0.4, 0.5) is 0 Å². The lowest BCUT2D eigenvalue weighted by Crippen LogP contribution is -2.42. The summed E-state index contributed by atoms with van der Waals surface area (Å²) in [7, 11) is 0. The van der Waals surface area contributed by atoms with Crippen molar-refractivity contribution in [1.29, 1.82) is 0 Å². The molecule has 0 aliphatic heterocycles. The number of esters is 1. The summed E-state index contributed by atoms with van der Waals surface area (Å²) >= 11 is 0. The number of hydrogen-bond donors (Lipinski definition) is 2. The minimum absolute atomic E-state index is 0.176. The van der Waals surface area contributed by atoms with Crippen LogP contribution in [0.25, 0.3) is 11.1 Å². The molecule has 1 aliphatic rings. The summed E-state index contributed by atoms with van der Waals surface area (Å²) in [5.41, 5.74) is 2.26. The minimum Gasteiger partial charge on any atom is -0.508 e. The predicted octanol–water partition coefficient (Wildman–Crippen LogP) is 3.91. The van der Waals surface area contributed by atoms with E-state index in [1.165, 1.54) is 6.42 Å². The Labute approximate surface area is 159 Å². The second-order valence-corrected chi connectivity index (χ2v) is 7.14. The van der Waals surface area contributed by atoms with Gasteiger partial charge < -0.3 is 15.2 Å². The van der Waals surface area contributed by atoms with E-state index in [1.54, 1.807) is 36.4 Å². The third-order valence-electron chi connectivity index (χ3n) is 5.11. The normalized spacial score (nSPS) is 19.3. The fraction of sp³-hybridized carbons (Fsp3) is 0.364. The van der Waals surface area contributed by atoms with Crippen LogP contribution in [0.2, 0.25) is 0 Å². The molecule has 3 rings (SSSR count). The van der Waals surface area contributed by atoms with Gasteiger partial charge in [-0.1, -0.05) is 44.0 Å². The van der Waals surface area contributed by atoms with Crippen molar-refractivity contribution < 1.29 is 19.4 Å². The molecule has 2 aromatic rings. The first-order valence-corrected chi connectivity index (χ1v) is 9.39. The molecule has 0 unspecified atom stereocenters. The first-order valence-electron chi connectivity index (χ1n) is 9.39. The number of nitrogens with one attached hydrogen (secondary N) is 1. The summed E-state index contributed by atoms with van der Waals surface area (Å²) in [5.74, 6) is -0.0902. The standard InChI is InChI=1S/C22H25NO4/c1-15-4-2-3-5-20(15)23-21(25)14-27-22(26)18-8-6-16(7-9-18)17-10-12-19(24)13-11-17/h6-13,15,20,24H,2-5,14H2,1H3,(H,23,25)/t15-,20+/m0/s1. The molecule has 1 saturated carbocycles. The molecule has 0 radical (unpaired) electrons. The highest BCUT2D eigenvalue weighted by Gasteiger charge is 2.23. The van der Waals surface area contributed by atoms with E-state index in [0.717, 1.165) is 30.4 Å². The molecule has 1 aliphatic carbocycles. The van der Waals surface area contributed by atoms with E-state index < -0.39 is 5.97 Å². The fourth-order valence-corrected chi connectivity index (χ4v) is 3.45. The Morgan fingerprint density at radius 1 is 1.00 bits per heavy atom. The summed E-state index contributed by atoms with van der Waals surface area (Å²) < 4.78 is 5.14. The number of phenolic OH excluding ortho intramolecular Hbond substituents is 1. The van der Waals surface area contributed by atoms with Crippen LogP contribution in [-0.4, -0.2) is 29.6 Å². The largest absolute Gasteiger partial charge is 0.508 e. The molecule has 0 saturated heterocycles. The molecule has 142 valence electrons. The monoisotopic (exact) mass is 367 g/mol. The van der Waals surface area contributed by atoms with E-state index in [-0.39, 0.29) is 24.3 Å². The Balaban J connectivity index is 1.52. The molecule has 0 heterocycles. The quantitative estimate of drug-likeness (QED) is 0.786. The van der Waals surface area contributed by atoms with Gasteiger partial charge in [0.05, 0.1) is 5.56 Å². The molecule has 0 spiro atoms. The number of aromatic hydroxyl groups is 1. The van der Waals surface area contributed by atoms with Gasteiger partial charge in [0.2, 0.25) is 0 Å². The average Bonchev–Trinajstić information content (AvgIpc) is 2.69. The van der Waals surface area contributed by atoms with Gasteiger partial charge >= 0.3 is 5.97 Å². The third kappa shape index (κ3) is 5.09. The Morgan fingerprint density at radius 3 is 2.22 bits per heavy atom. The van der Waals surface area contributed by atoms with Crippen LogP contribution in [0.1, 0.15) is 43.0 Å². The van der Waals surface area contributed by atoms with Crippen LogP contribution < -0.4 is 5.32 Å².